The first-order valence-electron chi connectivity index (χ1n) is 8.58. The van der Waals surface area contributed by atoms with E-state index in [1.54, 1.807) is 0 Å². The van der Waals surface area contributed by atoms with E-state index in [2.05, 4.69) is 31.5 Å². The van der Waals surface area contributed by atoms with E-state index in [9.17, 15) is 4.79 Å². The van der Waals surface area contributed by atoms with Gasteiger partial charge in [0.1, 0.15) is 0 Å². The van der Waals surface area contributed by atoms with Gasteiger partial charge < -0.3 is 10.3 Å². The van der Waals surface area contributed by atoms with Gasteiger partial charge in [-0.2, -0.15) is 4.98 Å². The number of anilines is 1. The number of carbonyl (C=O) groups excluding carboxylic acids is 1. The summed E-state index contributed by atoms with van der Waals surface area (Å²) in [6.07, 6.45) is 0. The number of amides is 1. The van der Waals surface area contributed by atoms with Crippen LogP contribution in [0.1, 0.15) is 11.1 Å². The van der Waals surface area contributed by atoms with Crippen LogP contribution in [-0.2, 0) is 4.79 Å². The van der Waals surface area contributed by atoms with Crippen molar-refractivity contribution in [3.05, 3.63) is 59.7 Å². The summed E-state index contributed by atoms with van der Waals surface area (Å²) < 4.78 is 0. The lowest BCUT2D eigenvalue weighted by atomic mass is 10.1. The fourth-order valence-electron chi connectivity index (χ4n) is 3.01. The molecule has 0 atom stereocenters. The van der Waals surface area contributed by atoms with Crippen molar-refractivity contribution in [1.82, 2.24) is 20.2 Å². The second kappa shape index (κ2) is 7.28. The molecule has 1 amide bonds. The molecule has 0 aliphatic carbocycles. The number of nitrogens with zero attached hydrogens (tertiary/aromatic N) is 2. The summed E-state index contributed by atoms with van der Waals surface area (Å²) in [5.74, 6) is 0.821. The van der Waals surface area contributed by atoms with Crippen LogP contribution < -0.4 is 5.32 Å². The molecule has 0 unspecified atom stereocenters. The van der Waals surface area contributed by atoms with Crippen molar-refractivity contribution in [2.45, 2.75) is 19.0 Å². The number of nitrogens with one attached hydrogen (secondary N) is 3. The third kappa shape index (κ3) is 4.03. The monoisotopic (exact) mass is 377 g/mol. The summed E-state index contributed by atoms with van der Waals surface area (Å²) in [6.45, 7) is 4.02. The highest BCUT2D eigenvalue weighted by Crippen LogP contribution is 2.23. The molecule has 0 aliphatic heterocycles. The van der Waals surface area contributed by atoms with E-state index in [0.29, 0.717) is 11.0 Å². The van der Waals surface area contributed by atoms with Gasteiger partial charge in [0, 0.05) is 16.6 Å². The SMILES string of the molecule is Cc1cc(C)cc(NC(=O)CSc2n[nH]c(-c3cc4ccccc4[nH]3)n2)c1. The number of para-hydroxylation sites is 1. The fourth-order valence-corrected chi connectivity index (χ4v) is 3.60. The van der Waals surface area contributed by atoms with Crippen LogP contribution in [0.4, 0.5) is 5.69 Å². The minimum absolute atomic E-state index is 0.0815. The van der Waals surface area contributed by atoms with Gasteiger partial charge in [-0.1, -0.05) is 36.0 Å². The Balaban J connectivity index is 1.39. The molecule has 0 saturated heterocycles. The number of fused-ring (bicyclic) bond motifs is 1. The van der Waals surface area contributed by atoms with E-state index in [1.165, 1.54) is 11.8 Å². The topological polar surface area (TPSA) is 86.5 Å². The van der Waals surface area contributed by atoms with Gasteiger partial charge in [-0.15, -0.1) is 5.10 Å². The van der Waals surface area contributed by atoms with Crippen LogP contribution in [0.2, 0.25) is 0 Å². The lowest BCUT2D eigenvalue weighted by Gasteiger charge is -2.06. The number of H-pyrrole nitrogens is 2. The molecule has 2 heterocycles. The fraction of sp³-hybridized carbons (Fsp3) is 0.150. The lowest BCUT2D eigenvalue weighted by molar-refractivity contribution is -0.113. The normalized spacial score (nSPS) is 11.0. The van der Waals surface area contributed by atoms with Crippen molar-refractivity contribution in [3.8, 4) is 11.5 Å². The van der Waals surface area contributed by atoms with Crippen LogP contribution in [0.5, 0.6) is 0 Å². The van der Waals surface area contributed by atoms with Crippen LogP contribution in [0.25, 0.3) is 22.4 Å². The first-order chi connectivity index (χ1) is 13.1. The molecule has 2 aromatic heterocycles. The van der Waals surface area contributed by atoms with Crippen molar-refractivity contribution in [2.24, 2.45) is 0 Å². The van der Waals surface area contributed by atoms with Crippen molar-refractivity contribution < 1.29 is 4.79 Å². The molecule has 0 bridgehead atoms. The predicted molar refractivity (Wildman–Crippen MR) is 109 cm³/mol. The highest BCUT2D eigenvalue weighted by Gasteiger charge is 2.11. The lowest BCUT2D eigenvalue weighted by Crippen LogP contribution is -2.14. The predicted octanol–water partition coefficient (Wildman–Crippen LogP) is 4.30. The van der Waals surface area contributed by atoms with E-state index in [1.807, 2.05) is 56.3 Å². The Labute approximate surface area is 160 Å². The average Bonchev–Trinajstić information content (AvgIpc) is 3.25. The number of hydrogen-bond donors (Lipinski definition) is 3. The minimum Gasteiger partial charge on any atom is -0.352 e. The van der Waals surface area contributed by atoms with Gasteiger partial charge >= 0.3 is 0 Å². The standard InChI is InChI=1S/C20H19N5OS/c1-12-7-13(2)9-15(8-12)21-18(26)11-27-20-23-19(24-25-20)17-10-14-5-3-4-6-16(14)22-17/h3-10,22H,11H2,1-2H3,(H,21,26)(H,23,24,25). The molecule has 0 fully saturated rings. The summed E-state index contributed by atoms with van der Waals surface area (Å²) in [5, 5.41) is 11.7. The van der Waals surface area contributed by atoms with Crippen molar-refractivity contribution in [1.29, 1.82) is 0 Å². The molecule has 4 rings (SSSR count). The molecule has 0 saturated carbocycles. The smallest absolute Gasteiger partial charge is 0.234 e. The van der Waals surface area contributed by atoms with E-state index < -0.39 is 0 Å². The van der Waals surface area contributed by atoms with E-state index in [0.717, 1.165) is 33.4 Å². The van der Waals surface area contributed by atoms with Gasteiger partial charge in [-0.3, -0.25) is 9.89 Å². The van der Waals surface area contributed by atoms with Crippen LogP contribution in [-0.4, -0.2) is 31.8 Å². The van der Waals surface area contributed by atoms with Gasteiger partial charge in [0.05, 0.1) is 11.4 Å². The van der Waals surface area contributed by atoms with Gasteiger partial charge in [0.25, 0.3) is 0 Å². The van der Waals surface area contributed by atoms with Gasteiger partial charge in [-0.25, -0.2) is 0 Å². The molecule has 0 spiro atoms. The molecular weight excluding hydrogens is 358 g/mol. The van der Waals surface area contributed by atoms with Crippen molar-refractivity contribution in [3.63, 3.8) is 0 Å². The maximum atomic E-state index is 12.2. The highest BCUT2D eigenvalue weighted by molar-refractivity contribution is 7.99. The molecule has 0 aliphatic rings. The Morgan fingerprint density at radius 3 is 2.67 bits per heavy atom. The van der Waals surface area contributed by atoms with E-state index in [4.69, 9.17) is 0 Å². The maximum absolute atomic E-state index is 12.2. The molecule has 4 aromatic rings. The Bertz CT molecular complexity index is 1060. The first-order valence-corrected chi connectivity index (χ1v) is 9.57. The molecule has 7 heteroatoms. The third-order valence-corrected chi connectivity index (χ3v) is 4.94. The zero-order valence-corrected chi connectivity index (χ0v) is 15.9. The first kappa shape index (κ1) is 17.4. The number of aromatic nitrogens is 4. The quantitative estimate of drug-likeness (QED) is 0.453. The van der Waals surface area contributed by atoms with Crippen LogP contribution in [0, 0.1) is 13.8 Å². The summed E-state index contributed by atoms with van der Waals surface area (Å²) >= 11 is 1.30. The molecule has 136 valence electrons. The Morgan fingerprint density at radius 2 is 1.89 bits per heavy atom. The van der Waals surface area contributed by atoms with E-state index >= 15 is 0 Å². The van der Waals surface area contributed by atoms with Crippen molar-refractivity contribution >= 4 is 34.3 Å². The second-order valence-electron chi connectivity index (χ2n) is 6.45. The number of hydrogen-bond acceptors (Lipinski definition) is 4. The molecular formula is C20H19N5OS. The summed E-state index contributed by atoms with van der Waals surface area (Å²) in [6, 6.07) is 16.0. The number of benzene rings is 2. The second-order valence-corrected chi connectivity index (χ2v) is 7.39. The molecule has 0 radical (unpaired) electrons. The van der Waals surface area contributed by atoms with Gasteiger partial charge in [-0.05, 0) is 49.2 Å². The summed E-state index contributed by atoms with van der Waals surface area (Å²) in [4.78, 5) is 20.0. The van der Waals surface area contributed by atoms with E-state index in [-0.39, 0.29) is 11.7 Å². The zero-order chi connectivity index (χ0) is 18.8. The zero-order valence-electron chi connectivity index (χ0n) is 15.0. The number of aromatic amines is 2. The largest absolute Gasteiger partial charge is 0.352 e. The maximum Gasteiger partial charge on any atom is 0.234 e. The van der Waals surface area contributed by atoms with Gasteiger partial charge in [0.15, 0.2) is 5.82 Å². The number of carbonyl (C=O) groups is 1. The molecule has 2 aromatic carbocycles. The third-order valence-electron chi connectivity index (χ3n) is 4.09. The van der Waals surface area contributed by atoms with Crippen molar-refractivity contribution in [2.75, 3.05) is 11.1 Å². The Hall–Kier alpha value is -3.06. The summed E-state index contributed by atoms with van der Waals surface area (Å²) in [5.41, 5.74) is 4.97. The molecule has 27 heavy (non-hydrogen) atoms. The molecule has 3 N–H and O–H groups in total. The minimum atomic E-state index is -0.0815. The van der Waals surface area contributed by atoms with Crippen LogP contribution in [0.15, 0.2) is 53.7 Å². The van der Waals surface area contributed by atoms with Crippen LogP contribution >= 0.6 is 11.8 Å². The highest BCUT2D eigenvalue weighted by atomic mass is 32.2. The Morgan fingerprint density at radius 1 is 1.11 bits per heavy atom. The van der Waals surface area contributed by atoms with Gasteiger partial charge in [0.2, 0.25) is 11.1 Å². The molecule has 6 nitrogen and oxygen atoms in total. The number of thioether (sulfide) groups is 1. The number of rotatable bonds is 5. The summed E-state index contributed by atoms with van der Waals surface area (Å²) in [7, 11) is 0. The number of aryl methyl sites for hydroxylation is 2. The van der Waals surface area contributed by atoms with Crippen LogP contribution in [0.3, 0.4) is 0 Å². The Kier molecular flexibility index (Phi) is 4.68. The average molecular weight is 377 g/mol.